The molecule has 3 aliphatic carbocycles. The van der Waals surface area contributed by atoms with E-state index in [2.05, 4.69) is 32.7 Å². The van der Waals surface area contributed by atoms with Gasteiger partial charge >= 0.3 is 0 Å². The topological polar surface area (TPSA) is 29.5 Å². The molecular formula is C22H37NO2. The fraction of sp³-hybridized carbons (Fsp3) is 0.955. The number of carbonyl (C=O) groups is 1. The zero-order valence-electron chi connectivity index (χ0n) is 16.7. The molecule has 1 saturated heterocycles. The lowest BCUT2D eigenvalue weighted by Gasteiger charge is -2.61. The summed E-state index contributed by atoms with van der Waals surface area (Å²) in [5.74, 6) is 2.88. The van der Waals surface area contributed by atoms with E-state index in [1.165, 1.54) is 38.5 Å². The van der Waals surface area contributed by atoms with Gasteiger partial charge in [0.1, 0.15) is 0 Å². The van der Waals surface area contributed by atoms with Gasteiger partial charge in [0, 0.05) is 26.1 Å². The number of amides is 1. The fourth-order valence-electron chi connectivity index (χ4n) is 7.64. The number of likely N-dealkylation sites (tertiary alicyclic amines) is 1. The van der Waals surface area contributed by atoms with Gasteiger partial charge in [-0.25, -0.2) is 0 Å². The van der Waals surface area contributed by atoms with E-state index >= 15 is 0 Å². The molecule has 0 radical (unpaired) electrons. The smallest absolute Gasteiger partial charge is 0.222 e. The molecule has 1 aliphatic heterocycles. The Hall–Kier alpha value is -0.570. The summed E-state index contributed by atoms with van der Waals surface area (Å²) in [4.78, 5) is 14.3. The Bertz CT molecular complexity index is 534. The van der Waals surface area contributed by atoms with Gasteiger partial charge in [-0.05, 0) is 80.0 Å². The van der Waals surface area contributed by atoms with Crippen molar-refractivity contribution >= 4 is 5.91 Å². The van der Waals surface area contributed by atoms with Gasteiger partial charge in [-0.3, -0.25) is 4.79 Å². The molecule has 0 aromatic heterocycles. The zero-order valence-corrected chi connectivity index (χ0v) is 16.7. The summed E-state index contributed by atoms with van der Waals surface area (Å²) < 4.78 is 6.31. The molecule has 3 saturated carbocycles. The van der Waals surface area contributed by atoms with Crippen LogP contribution in [0.1, 0.15) is 78.6 Å². The average molecular weight is 348 g/mol. The van der Waals surface area contributed by atoms with E-state index in [-0.39, 0.29) is 0 Å². The molecule has 0 aromatic rings. The lowest BCUT2D eigenvalue weighted by atomic mass is 9.47. The first-order valence-electron chi connectivity index (χ1n) is 10.8. The van der Waals surface area contributed by atoms with Crippen molar-refractivity contribution < 1.29 is 9.53 Å². The summed E-state index contributed by atoms with van der Waals surface area (Å²) >= 11 is 0. The molecule has 142 valence electrons. The van der Waals surface area contributed by atoms with E-state index in [0.717, 1.165) is 43.6 Å². The van der Waals surface area contributed by atoms with Gasteiger partial charge in [0.2, 0.25) is 5.91 Å². The number of ether oxygens (including phenoxy) is 1. The average Bonchev–Trinajstić information content (AvgIpc) is 2.93. The Balaban J connectivity index is 1.57. The highest BCUT2D eigenvalue weighted by molar-refractivity contribution is 5.77. The largest absolute Gasteiger partial charge is 0.378 e. The van der Waals surface area contributed by atoms with Crippen LogP contribution in [0.4, 0.5) is 0 Å². The van der Waals surface area contributed by atoms with E-state index in [0.29, 0.717) is 28.9 Å². The van der Waals surface area contributed by atoms with Crippen molar-refractivity contribution in [3.63, 3.8) is 0 Å². The van der Waals surface area contributed by atoms with Crippen LogP contribution in [0.15, 0.2) is 0 Å². The molecule has 3 heteroatoms. The number of carbonyl (C=O) groups excluding carboxylic acids is 1. The Morgan fingerprint density at radius 3 is 2.56 bits per heavy atom. The van der Waals surface area contributed by atoms with Crippen molar-refractivity contribution in [3.8, 4) is 0 Å². The first-order chi connectivity index (χ1) is 11.9. The third kappa shape index (κ3) is 2.51. The van der Waals surface area contributed by atoms with Crippen LogP contribution in [0.2, 0.25) is 0 Å². The molecule has 4 aliphatic rings. The summed E-state index contributed by atoms with van der Waals surface area (Å²) in [6.07, 6.45) is 11.3. The summed E-state index contributed by atoms with van der Waals surface area (Å²) in [5.41, 5.74) is 0.741. The third-order valence-corrected chi connectivity index (χ3v) is 8.99. The van der Waals surface area contributed by atoms with Crippen LogP contribution in [0.5, 0.6) is 0 Å². The molecule has 0 N–H and O–H groups in total. The van der Waals surface area contributed by atoms with Crippen LogP contribution < -0.4 is 0 Å². The Kier molecular flexibility index (Phi) is 4.46. The second-order valence-corrected chi connectivity index (χ2v) is 9.96. The predicted molar refractivity (Wildman–Crippen MR) is 100 cm³/mol. The number of hydrogen-bond acceptors (Lipinski definition) is 2. The van der Waals surface area contributed by atoms with Gasteiger partial charge in [-0.1, -0.05) is 20.8 Å². The van der Waals surface area contributed by atoms with E-state index in [9.17, 15) is 4.79 Å². The molecule has 3 nitrogen and oxygen atoms in total. The predicted octanol–water partition coefficient (Wildman–Crippen LogP) is 4.65. The molecule has 0 bridgehead atoms. The van der Waals surface area contributed by atoms with E-state index < -0.39 is 0 Å². The highest BCUT2D eigenvalue weighted by atomic mass is 16.5. The first kappa shape index (κ1) is 17.8. The summed E-state index contributed by atoms with van der Waals surface area (Å²) in [7, 11) is 2.06. The van der Waals surface area contributed by atoms with Gasteiger partial charge in [-0.2, -0.15) is 0 Å². The van der Waals surface area contributed by atoms with Crippen LogP contribution in [0.3, 0.4) is 0 Å². The van der Waals surface area contributed by atoms with E-state index in [4.69, 9.17) is 4.74 Å². The van der Waals surface area contributed by atoms with Crippen molar-refractivity contribution in [1.29, 1.82) is 0 Å². The van der Waals surface area contributed by atoms with Crippen molar-refractivity contribution in [2.75, 3.05) is 13.7 Å². The first-order valence-corrected chi connectivity index (χ1v) is 10.8. The van der Waals surface area contributed by atoms with Crippen molar-refractivity contribution in [3.05, 3.63) is 0 Å². The van der Waals surface area contributed by atoms with Gasteiger partial charge < -0.3 is 9.64 Å². The zero-order chi connectivity index (χ0) is 17.8. The van der Waals surface area contributed by atoms with Crippen LogP contribution >= 0.6 is 0 Å². The monoisotopic (exact) mass is 347 g/mol. The van der Waals surface area contributed by atoms with Crippen molar-refractivity contribution in [2.45, 2.75) is 90.7 Å². The molecule has 0 spiro atoms. The minimum absolute atomic E-state index is 0.343. The number of nitrogens with zero attached hydrogens (tertiary/aromatic N) is 1. The molecular weight excluding hydrogens is 310 g/mol. The fourth-order valence-corrected chi connectivity index (χ4v) is 7.64. The maximum Gasteiger partial charge on any atom is 0.222 e. The SMILES string of the molecule is CCCOC1CC[C@H]2[C@@H]3CC[C@H]4N(C)C(=O)CC[C@]4(C)[C@H]3CC[C@]12C. The maximum absolute atomic E-state index is 12.2. The highest BCUT2D eigenvalue weighted by Crippen LogP contribution is 2.65. The number of rotatable bonds is 3. The second-order valence-electron chi connectivity index (χ2n) is 9.96. The second kappa shape index (κ2) is 6.25. The van der Waals surface area contributed by atoms with Gasteiger partial charge in [0.25, 0.3) is 0 Å². The maximum atomic E-state index is 12.2. The normalized spacial score (nSPS) is 49.5. The molecule has 25 heavy (non-hydrogen) atoms. The minimum atomic E-state index is 0.343. The number of hydrogen-bond donors (Lipinski definition) is 0. The van der Waals surface area contributed by atoms with Crippen LogP contribution in [-0.4, -0.2) is 36.6 Å². The lowest BCUT2D eigenvalue weighted by molar-refractivity contribution is -0.161. The number of piperidine rings is 1. The van der Waals surface area contributed by atoms with Crippen molar-refractivity contribution in [1.82, 2.24) is 4.90 Å². The van der Waals surface area contributed by atoms with E-state index in [1.54, 1.807) is 0 Å². The Morgan fingerprint density at radius 2 is 1.80 bits per heavy atom. The van der Waals surface area contributed by atoms with Gasteiger partial charge in [0.05, 0.1) is 6.10 Å². The third-order valence-electron chi connectivity index (χ3n) is 8.99. The van der Waals surface area contributed by atoms with Crippen molar-refractivity contribution in [2.24, 2.45) is 28.6 Å². The molecule has 1 unspecified atom stereocenters. The summed E-state index contributed by atoms with van der Waals surface area (Å²) in [5, 5.41) is 0. The van der Waals surface area contributed by atoms with Crippen LogP contribution in [-0.2, 0) is 9.53 Å². The molecule has 7 atom stereocenters. The standard InChI is InChI=1S/C22H37NO2/c1-5-14-25-19-9-7-16-15-6-8-18-21(2,13-11-20(24)23(18)4)17(15)10-12-22(16,19)3/h15-19H,5-14H2,1-4H3/t15-,16-,17-,18+,19?,21+,22-/m0/s1. The van der Waals surface area contributed by atoms with Gasteiger partial charge in [-0.15, -0.1) is 0 Å². The van der Waals surface area contributed by atoms with Crippen LogP contribution in [0.25, 0.3) is 0 Å². The van der Waals surface area contributed by atoms with Gasteiger partial charge in [0.15, 0.2) is 0 Å². The molecule has 4 fully saturated rings. The highest BCUT2D eigenvalue weighted by Gasteiger charge is 2.61. The molecule has 0 aromatic carbocycles. The Morgan fingerprint density at radius 1 is 1.04 bits per heavy atom. The molecule has 1 heterocycles. The minimum Gasteiger partial charge on any atom is -0.378 e. The Labute approximate surface area is 153 Å². The van der Waals surface area contributed by atoms with Crippen LogP contribution in [0, 0.1) is 28.6 Å². The number of fused-ring (bicyclic) bond motifs is 5. The lowest BCUT2D eigenvalue weighted by Crippen LogP contribution is -2.61. The quantitative estimate of drug-likeness (QED) is 0.744. The summed E-state index contributed by atoms with van der Waals surface area (Å²) in [6.45, 7) is 8.19. The summed E-state index contributed by atoms with van der Waals surface area (Å²) in [6, 6.07) is 0.480. The van der Waals surface area contributed by atoms with E-state index in [1.807, 2.05) is 0 Å². The molecule has 1 amide bonds. The molecule has 4 rings (SSSR count).